The van der Waals surface area contributed by atoms with Gasteiger partial charge in [0, 0.05) is 6.61 Å². The number of allylic oxidation sites excluding steroid dienone is 3. The molecule has 0 saturated carbocycles. The summed E-state index contributed by atoms with van der Waals surface area (Å²) in [6.07, 6.45) is 10.7. The van der Waals surface area contributed by atoms with Crippen LogP contribution in [0.15, 0.2) is 48.1 Å². The highest BCUT2D eigenvalue weighted by Gasteiger charge is 1.89. The van der Waals surface area contributed by atoms with Gasteiger partial charge in [-0.1, -0.05) is 54.1 Å². The van der Waals surface area contributed by atoms with Gasteiger partial charge >= 0.3 is 0 Å². The second-order valence-electron chi connectivity index (χ2n) is 4.27. The molecule has 0 bridgehead atoms. The van der Waals surface area contributed by atoms with E-state index in [1.54, 1.807) is 0 Å². The highest BCUT2D eigenvalue weighted by molar-refractivity contribution is 5.48. The predicted molar refractivity (Wildman–Crippen MR) is 74.8 cm³/mol. The van der Waals surface area contributed by atoms with Crippen molar-refractivity contribution in [2.24, 2.45) is 0 Å². The van der Waals surface area contributed by atoms with Gasteiger partial charge in [0.1, 0.15) is 0 Å². The van der Waals surface area contributed by atoms with Gasteiger partial charge in [0.15, 0.2) is 0 Å². The molecule has 0 aliphatic carbocycles. The standard InChI is InChI=1S/C16H22O/c1-15(10-7-8-14-17)9-5-6-13-16-11-3-2-4-12-16/h2-4,6,10-13,17H,5,7-9,14H2,1H3. The van der Waals surface area contributed by atoms with Crippen LogP contribution in [0.25, 0.3) is 6.08 Å². The third kappa shape index (κ3) is 6.75. The van der Waals surface area contributed by atoms with Gasteiger partial charge < -0.3 is 5.11 Å². The van der Waals surface area contributed by atoms with Crippen molar-refractivity contribution in [1.29, 1.82) is 0 Å². The predicted octanol–water partition coefficient (Wildman–Crippen LogP) is 4.20. The van der Waals surface area contributed by atoms with Crippen LogP contribution in [0.4, 0.5) is 0 Å². The van der Waals surface area contributed by atoms with Crippen molar-refractivity contribution in [3.63, 3.8) is 0 Å². The molecule has 0 fully saturated rings. The summed E-state index contributed by atoms with van der Waals surface area (Å²) in [5.41, 5.74) is 2.67. The zero-order chi connectivity index (χ0) is 12.3. The number of aliphatic hydroxyl groups excluding tert-OH is 1. The topological polar surface area (TPSA) is 20.2 Å². The lowest BCUT2D eigenvalue weighted by atomic mass is 10.1. The Bertz CT molecular complexity index is 349. The van der Waals surface area contributed by atoms with E-state index < -0.39 is 0 Å². The van der Waals surface area contributed by atoms with E-state index in [1.165, 1.54) is 11.1 Å². The molecule has 0 radical (unpaired) electrons. The molecule has 0 heterocycles. The summed E-state index contributed by atoms with van der Waals surface area (Å²) in [4.78, 5) is 0. The lowest BCUT2D eigenvalue weighted by Gasteiger charge is -1.98. The van der Waals surface area contributed by atoms with Crippen molar-refractivity contribution in [3.8, 4) is 0 Å². The van der Waals surface area contributed by atoms with Crippen molar-refractivity contribution < 1.29 is 5.11 Å². The molecule has 0 atom stereocenters. The Hall–Kier alpha value is -1.34. The van der Waals surface area contributed by atoms with E-state index in [-0.39, 0.29) is 6.61 Å². The average molecular weight is 230 g/mol. The first-order chi connectivity index (χ1) is 8.33. The zero-order valence-corrected chi connectivity index (χ0v) is 10.6. The number of aliphatic hydroxyl groups is 1. The molecule has 1 aromatic rings. The molecule has 17 heavy (non-hydrogen) atoms. The quantitative estimate of drug-likeness (QED) is 0.550. The maximum Gasteiger partial charge on any atom is 0.0433 e. The van der Waals surface area contributed by atoms with E-state index >= 15 is 0 Å². The maximum absolute atomic E-state index is 8.68. The molecule has 1 heteroatoms. The van der Waals surface area contributed by atoms with Crippen LogP contribution in [0.2, 0.25) is 0 Å². The second-order valence-corrected chi connectivity index (χ2v) is 4.27. The van der Waals surface area contributed by atoms with Gasteiger partial charge in [0.05, 0.1) is 0 Å². The van der Waals surface area contributed by atoms with Gasteiger partial charge in [-0.05, 0) is 38.2 Å². The minimum Gasteiger partial charge on any atom is -0.396 e. The summed E-state index contributed by atoms with van der Waals surface area (Å²) in [5, 5.41) is 8.68. The Kier molecular flexibility index (Phi) is 7.08. The van der Waals surface area contributed by atoms with Crippen LogP contribution in [-0.4, -0.2) is 11.7 Å². The molecule has 1 nitrogen and oxygen atoms in total. The summed E-state index contributed by atoms with van der Waals surface area (Å²) in [6, 6.07) is 10.4. The van der Waals surface area contributed by atoms with E-state index in [0.29, 0.717) is 0 Å². The first-order valence-electron chi connectivity index (χ1n) is 6.31. The van der Waals surface area contributed by atoms with Gasteiger partial charge in [-0.25, -0.2) is 0 Å². The second kappa shape index (κ2) is 8.77. The van der Waals surface area contributed by atoms with E-state index in [4.69, 9.17) is 5.11 Å². The number of unbranched alkanes of at least 4 members (excludes halogenated alkanes) is 1. The van der Waals surface area contributed by atoms with Crippen LogP contribution < -0.4 is 0 Å². The fraction of sp³-hybridized carbons (Fsp3) is 0.375. The van der Waals surface area contributed by atoms with Crippen molar-refractivity contribution in [1.82, 2.24) is 0 Å². The Balaban J connectivity index is 2.23. The van der Waals surface area contributed by atoms with Crippen molar-refractivity contribution >= 4 is 6.08 Å². The molecule has 92 valence electrons. The van der Waals surface area contributed by atoms with Gasteiger partial charge in [-0.15, -0.1) is 0 Å². The lowest BCUT2D eigenvalue weighted by Crippen LogP contribution is -1.81. The highest BCUT2D eigenvalue weighted by atomic mass is 16.2. The van der Waals surface area contributed by atoms with Gasteiger partial charge in [0.2, 0.25) is 0 Å². The third-order valence-corrected chi connectivity index (χ3v) is 2.67. The number of hydrogen-bond acceptors (Lipinski definition) is 1. The molecule has 0 aliphatic rings. The van der Waals surface area contributed by atoms with Crippen LogP contribution in [0, 0.1) is 0 Å². The van der Waals surface area contributed by atoms with Crippen molar-refractivity contribution in [3.05, 3.63) is 53.6 Å². The smallest absolute Gasteiger partial charge is 0.0433 e. The Morgan fingerprint density at radius 3 is 2.65 bits per heavy atom. The SMILES string of the molecule is CC(=CCCCO)CCC=Cc1ccccc1. The van der Waals surface area contributed by atoms with E-state index in [9.17, 15) is 0 Å². The molecule has 0 saturated heterocycles. The molecule has 1 rings (SSSR count). The minimum absolute atomic E-state index is 0.289. The molecule has 0 aromatic heterocycles. The van der Waals surface area contributed by atoms with Crippen molar-refractivity contribution in [2.45, 2.75) is 32.6 Å². The van der Waals surface area contributed by atoms with Gasteiger partial charge in [0.25, 0.3) is 0 Å². The average Bonchev–Trinajstić information content (AvgIpc) is 2.36. The summed E-state index contributed by atoms with van der Waals surface area (Å²) < 4.78 is 0. The van der Waals surface area contributed by atoms with Crippen LogP contribution in [0.5, 0.6) is 0 Å². The molecule has 0 aliphatic heterocycles. The van der Waals surface area contributed by atoms with Crippen molar-refractivity contribution in [2.75, 3.05) is 6.61 Å². The maximum atomic E-state index is 8.68. The Morgan fingerprint density at radius 2 is 1.94 bits per heavy atom. The first-order valence-corrected chi connectivity index (χ1v) is 6.31. The van der Waals surface area contributed by atoms with E-state index in [2.05, 4.69) is 49.4 Å². The molecule has 0 amide bonds. The fourth-order valence-electron chi connectivity index (χ4n) is 1.64. The molecule has 1 N–H and O–H groups in total. The number of benzene rings is 1. The van der Waals surface area contributed by atoms with Gasteiger partial charge in [-0.2, -0.15) is 0 Å². The summed E-state index contributed by atoms with van der Waals surface area (Å²) in [5.74, 6) is 0. The molecule has 0 unspecified atom stereocenters. The summed E-state index contributed by atoms with van der Waals surface area (Å²) >= 11 is 0. The summed E-state index contributed by atoms with van der Waals surface area (Å²) in [6.45, 7) is 2.45. The molecular weight excluding hydrogens is 208 g/mol. The molecule has 0 spiro atoms. The fourth-order valence-corrected chi connectivity index (χ4v) is 1.64. The third-order valence-electron chi connectivity index (χ3n) is 2.67. The lowest BCUT2D eigenvalue weighted by molar-refractivity contribution is 0.289. The van der Waals surface area contributed by atoms with E-state index in [0.717, 1.165) is 25.7 Å². The largest absolute Gasteiger partial charge is 0.396 e. The number of rotatable bonds is 7. The summed E-state index contributed by atoms with van der Waals surface area (Å²) in [7, 11) is 0. The minimum atomic E-state index is 0.289. The van der Waals surface area contributed by atoms with Crippen LogP contribution >= 0.6 is 0 Å². The monoisotopic (exact) mass is 230 g/mol. The normalized spacial score (nSPS) is 12.2. The highest BCUT2D eigenvalue weighted by Crippen LogP contribution is 2.09. The Morgan fingerprint density at radius 1 is 1.18 bits per heavy atom. The van der Waals surface area contributed by atoms with Crippen LogP contribution in [-0.2, 0) is 0 Å². The van der Waals surface area contributed by atoms with Crippen LogP contribution in [0.1, 0.15) is 38.2 Å². The Labute approximate surface area is 104 Å². The van der Waals surface area contributed by atoms with E-state index in [1.807, 2.05) is 6.07 Å². The van der Waals surface area contributed by atoms with Gasteiger partial charge in [-0.3, -0.25) is 0 Å². The first kappa shape index (κ1) is 13.7. The molecule has 1 aromatic carbocycles. The number of hydrogen-bond donors (Lipinski definition) is 1. The molecular formula is C16H22O. The zero-order valence-electron chi connectivity index (χ0n) is 10.6. The van der Waals surface area contributed by atoms with Crippen LogP contribution in [0.3, 0.4) is 0 Å².